The first kappa shape index (κ1) is 17.4. The summed E-state index contributed by atoms with van der Waals surface area (Å²) in [7, 11) is 0. The second-order valence-corrected chi connectivity index (χ2v) is 7.02. The largest absolute Gasteiger partial charge is 0.368 e. The number of rotatable bonds is 2. The summed E-state index contributed by atoms with van der Waals surface area (Å²) in [6, 6.07) is 11.1. The maximum absolute atomic E-state index is 14.0. The minimum absolute atomic E-state index is 0.0133. The third-order valence-corrected chi connectivity index (χ3v) is 5.20. The molecule has 3 aromatic rings. The second kappa shape index (κ2) is 6.44. The lowest BCUT2D eigenvalue weighted by molar-refractivity contribution is 0.104. The number of nitrogen functional groups attached to an aromatic ring is 1. The van der Waals surface area contributed by atoms with Gasteiger partial charge in [-0.05, 0) is 35.4 Å². The van der Waals surface area contributed by atoms with Gasteiger partial charge in [-0.3, -0.25) is 4.79 Å². The SMILES string of the molecule is Nc1nc(-c2ccc(F)cc2)c2c(n1)-c1c(cccc1C1=CC=CC(F)C1)C2=O. The molecule has 2 N–H and O–H groups in total. The average molecular weight is 387 g/mol. The topological polar surface area (TPSA) is 68.9 Å². The highest BCUT2D eigenvalue weighted by Crippen LogP contribution is 2.44. The highest BCUT2D eigenvalue weighted by Gasteiger charge is 2.35. The van der Waals surface area contributed by atoms with Crippen LogP contribution >= 0.6 is 0 Å². The number of nitrogens with two attached hydrogens (primary N) is 1. The molecule has 0 aliphatic heterocycles. The van der Waals surface area contributed by atoms with Gasteiger partial charge in [-0.1, -0.05) is 36.4 Å². The van der Waals surface area contributed by atoms with Crippen molar-refractivity contribution in [2.45, 2.75) is 12.6 Å². The van der Waals surface area contributed by atoms with Crippen LogP contribution in [-0.4, -0.2) is 21.9 Å². The highest BCUT2D eigenvalue weighted by atomic mass is 19.1. The third-order valence-electron chi connectivity index (χ3n) is 5.20. The Balaban J connectivity index is 1.76. The van der Waals surface area contributed by atoms with Crippen molar-refractivity contribution in [1.82, 2.24) is 9.97 Å². The van der Waals surface area contributed by atoms with Crippen molar-refractivity contribution in [2.24, 2.45) is 0 Å². The van der Waals surface area contributed by atoms with E-state index in [0.29, 0.717) is 33.6 Å². The van der Waals surface area contributed by atoms with Crippen molar-refractivity contribution in [2.75, 3.05) is 5.73 Å². The molecule has 6 heteroatoms. The number of hydrogen-bond donors (Lipinski definition) is 1. The van der Waals surface area contributed by atoms with Crippen LogP contribution in [0.1, 0.15) is 27.9 Å². The number of hydrogen-bond acceptors (Lipinski definition) is 4. The molecular weight excluding hydrogens is 372 g/mol. The second-order valence-electron chi connectivity index (χ2n) is 7.02. The molecule has 0 amide bonds. The van der Waals surface area contributed by atoms with E-state index >= 15 is 0 Å². The quantitative estimate of drug-likeness (QED) is 0.539. The van der Waals surface area contributed by atoms with Crippen LogP contribution in [0.4, 0.5) is 14.7 Å². The fraction of sp³-hybridized carbons (Fsp3) is 0.0870. The van der Waals surface area contributed by atoms with Crippen molar-refractivity contribution in [3.8, 4) is 22.5 Å². The van der Waals surface area contributed by atoms with Crippen molar-refractivity contribution in [3.63, 3.8) is 0 Å². The van der Waals surface area contributed by atoms with Crippen LogP contribution in [0.15, 0.2) is 60.7 Å². The molecule has 0 radical (unpaired) electrons. The van der Waals surface area contributed by atoms with Gasteiger partial charge in [0.25, 0.3) is 0 Å². The minimum atomic E-state index is -1.08. The van der Waals surface area contributed by atoms with Gasteiger partial charge >= 0.3 is 0 Å². The molecule has 0 bridgehead atoms. The van der Waals surface area contributed by atoms with Gasteiger partial charge in [0.2, 0.25) is 5.95 Å². The molecule has 1 atom stereocenters. The molecule has 0 spiro atoms. The van der Waals surface area contributed by atoms with E-state index in [4.69, 9.17) is 5.73 Å². The third kappa shape index (κ3) is 2.76. The first-order valence-corrected chi connectivity index (χ1v) is 9.16. The van der Waals surface area contributed by atoms with Crippen LogP contribution in [0.5, 0.6) is 0 Å². The number of fused-ring (bicyclic) bond motifs is 3. The molecule has 2 aliphatic rings. The number of carbonyl (C=O) groups excluding carboxylic acids is 1. The molecular formula is C23H15F2N3O. The van der Waals surface area contributed by atoms with Gasteiger partial charge in [-0.15, -0.1) is 0 Å². The normalized spacial score (nSPS) is 17.1. The lowest BCUT2D eigenvalue weighted by Gasteiger charge is -2.16. The Morgan fingerprint density at radius 2 is 1.69 bits per heavy atom. The van der Waals surface area contributed by atoms with Gasteiger partial charge in [0.1, 0.15) is 12.0 Å². The van der Waals surface area contributed by atoms with Crippen LogP contribution < -0.4 is 5.73 Å². The molecule has 5 rings (SSSR count). The first-order chi connectivity index (χ1) is 14.0. The number of ketones is 1. The number of benzene rings is 2. The Kier molecular flexibility index (Phi) is 3.87. The van der Waals surface area contributed by atoms with E-state index in [2.05, 4.69) is 9.97 Å². The van der Waals surface area contributed by atoms with Gasteiger partial charge in [-0.25, -0.2) is 18.7 Å². The Labute approximate surface area is 165 Å². The zero-order valence-electron chi connectivity index (χ0n) is 15.2. The Morgan fingerprint density at radius 3 is 2.45 bits per heavy atom. The lowest BCUT2D eigenvalue weighted by atomic mass is 9.90. The number of carbonyl (C=O) groups is 1. The summed E-state index contributed by atoms with van der Waals surface area (Å²) in [5.74, 6) is -0.596. The predicted octanol–water partition coefficient (Wildman–Crippen LogP) is 4.76. The summed E-state index contributed by atoms with van der Waals surface area (Å²) < 4.78 is 27.3. The van der Waals surface area contributed by atoms with Crippen LogP contribution in [0.2, 0.25) is 0 Å². The molecule has 0 saturated heterocycles. The maximum Gasteiger partial charge on any atom is 0.221 e. The van der Waals surface area contributed by atoms with Crippen molar-refractivity contribution < 1.29 is 13.6 Å². The van der Waals surface area contributed by atoms with E-state index in [0.717, 1.165) is 11.1 Å². The van der Waals surface area contributed by atoms with Gasteiger partial charge in [-0.2, -0.15) is 0 Å². The summed E-state index contributed by atoms with van der Waals surface area (Å²) in [5, 5.41) is 0. The van der Waals surface area contributed by atoms with Gasteiger partial charge < -0.3 is 5.73 Å². The van der Waals surface area contributed by atoms with E-state index in [1.54, 1.807) is 30.3 Å². The zero-order valence-corrected chi connectivity index (χ0v) is 15.2. The molecule has 0 fully saturated rings. The summed E-state index contributed by atoms with van der Waals surface area (Å²) in [5.41, 5.74) is 10.3. The fourth-order valence-electron chi connectivity index (χ4n) is 3.93. The molecule has 1 heterocycles. The molecule has 142 valence electrons. The van der Waals surface area contributed by atoms with Crippen LogP contribution in [0, 0.1) is 5.82 Å². The molecule has 1 unspecified atom stereocenters. The highest BCUT2D eigenvalue weighted by molar-refractivity contribution is 6.24. The van der Waals surface area contributed by atoms with E-state index < -0.39 is 6.17 Å². The number of nitrogens with zero attached hydrogens (tertiary/aromatic N) is 2. The lowest BCUT2D eigenvalue weighted by Crippen LogP contribution is -2.05. The predicted molar refractivity (Wildman–Crippen MR) is 107 cm³/mol. The summed E-state index contributed by atoms with van der Waals surface area (Å²) in [4.78, 5) is 21.9. The van der Waals surface area contributed by atoms with Crippen LogP contribution in [0.3, 0.4) is 0 Å². The van der Waals surface area contributed by atoms with E-state index in [-0.39, 0.29) is 24.0 Å². The van der Waals surface area contributed by atoms with Crippen molar-refractivity contribution in [3.05, 3.63) is 83.2 Å². The standard InChI is InChI=1S/C23H15F2N3O/c24-14-9-7-12(8-10-14)20-19-21(28-23(26)27-20)18-16(5-2-6-17(18)22(19)29)13-3-1-4-15(25)11-13/h1-10,15H,11H2,(H2,26,27,28). The number of aromatic nitrogens is 2. The van der Waals surface area contributed by atoms with E-state index in [1.165, 1.54) is 18.2 Å². The van der Waals surface area contributed by atoms with Crippen LogP contribution in [0.25, 0.3) is 28.1 Å². The fourth-order valence-corrected chi connectivity index (χ4v) is 3.93. The number of allylic oxidation sites excluding steroid dienone is 4. The van der Waals surface area contributed by atoms with Gasteiger partial charge in [0, 0.05) is 23.1 Å². The molecule has 2 aliphatic carbocycles. The molecule has 0 saturated carbocycles. The van der Waals surface area contributed by atoms with E-state index in [9.17, 15) is 13.6 Å². The number of alkyl halides is 1. The Morgan fingerprint density at radius 1 is 0.966 bits per heavy atom. The number of halogens is 2. The summed E-state index contributed by atoms with van der Waals surface area (Å²) in [6.07, 6.45) is 4.17. The monoisotopic (exact) mass is 387 g/mol. The maximum atomic E-state index is 14.0. The van der Waals surface area contributed by atoms with Crippen molar-refractivity contribution >= 4 is 17.3 Å². The first-order valence-electron chi connectivity index (χ1n) is 9.16. The molecule has 2 aromatic carbocycles. The summed E-state index contributed by atoms with van der Waals surface area (Å²) in [6.45, 7) is 0. The Bertz CT molecular complexity index is 1230. The smallest absolute Gasteiger partial charge is 0.221 e. The molecule has 29 heavy (non-hydrogen) atoms. The van der Waals surface area contributed by atoms with E-state index in [1.807, 2.05) is 12.1 Å². The Hall–Kier alpha value is -3.67. The minimum Gasteiger partial charge on any atom is -0.368 e. The van der Waals surface area contributed by atoms with Gasteiger partial charge in [0.15, 0.2) is 5.78 Å². The average Bonchev–Trinajstić information content (AvgIpc) is 3.00. The van der Waals surface area contributed by atoms with Crippen LogP contribution in [-0.2, 0) is 0 Å². The number of anilines is 1. The molecule has 4 nitrogen and oxygen atoms in total. The van der Waals surface area contributed by atoms with Crippen molar-refractivity contribution in [1.29, 1.82) is 0 Å². The van der Waals surface area contributed by atoms with Gasteiger partial charge in [0.05, 0.1) is 17.0 Å². The zero-order chi connectivity index (χ0) is 20.1. The molecule has 1 aromatic heterocycles. The summed E-state index contributed by atoms with van der Waals surface area (Å²) >= 11 is 0.